The van der Waals surface area contributed by atoms with Gasteiger partial charge in [-0.05, 0) is 63.9 Å². The lowest BCUT2D eigenvalue weighted by molar-refractivity contribution is 0.589. The summed E-state index contributed by atoms with van der Waals surface area (Å²) in [5, 5.41) is 0. The molecule has 0 fully saturated rings. The van der Waals surface area contributed by atoms with Crippen molar-refractivity contribution in [3.63, 3.8) is 0 Å². The molecule has 0 saturated carbocycles. The highest BCUT2D eigenvalue weighted by Gasteiger charge is 2.45. The van der Waals surface area contributed by atoms with Crippen molar-refractivity contribution in [2.75, 3.05) is 0 Å². The second-order valence-corrected chi connectivity index (χ2v) is 18.7. The van der Waals surface area contributed by atoms with Crippen molar-refractivity contribution in [2.24, 2.45) is 0 Å². The maximum absolute atomic E-state index is 2.93. The largest absolute Gasteiger partial charge is 0.157 e. The fraction of sp³-hybridized carbons (Fsp3) is 0.143. The highest BCUT2D eigenvalue weighted by Crippen LogP contribution is 2.95. The summed E-state index contributed by atoms with van der Waals surface area (Å²) in [7, 11) is 0. The van der Waals surface area contributed by atoms with Gasteiger partial charge in [-0.1, -0.05) is 124 Å². The Bertz CT molecular complexity index is 1010. The lowest BCUT2D eigenvalue weighted by Crippen LogP contribution is -2.15. The summed E-state index contributed by atoms with van der Waals surface area (Å²) in [6.45, 7) is 6.83. The van der Waals surface area contributed by atoms with Crippen molar-refractivity contribution in [3.05, 3.63) is 121 Å². The van der Waals surface area contributed by atoms with E-state index in [1.807, 2.05) is 0 Å². The molecule has 0 nitrogen and oxygen atoms in total. The smallest absolute Gasteiger partial charge is 0.00640 e. The van der Waals surface area contributed by atoms with E-state index in [4.69, 9.17) is 0 Å². The second-order valence-electron chi connectivity index (χ2n) is 8.81. The number of benzene rings is 4. The van der Waals surface area contributed by atoms with E-state index in [0.29, 0.717) is 0 Å². The normalized spacial score (nSPS) is 13.4. The van der Waals surface area contributed by atoms with E-state index in [1.54, 1.807) is 0 Å². The van der Waals surface area contributed by atoms with Crippen molar-refractivity contribution >= 4 is 27.5 Å². The zero-order valence-electron chi connectivity index (χ0n) is 17.8. The van der Waals surface area contributed by atoms with Gasteiger partial charge in [0.2, 0.25) is 0 Å². The third-order valence-electron chi connectivity index (χ3n) is 5.94. The summed E-state index contributed by atoms with van der Waals surface area (Å²) in [6.07, 6.45) is -2.93. The molecule has 0 saturated heterocycles. The molecule has 0 amide bonds. The Labute approximate surface area is 193 Å². The fourth-order valence-corrected chi connectivity index (χ4v) is 12.8. The van der Waals surface area contributed by atoms with Crippen LogP contribution >= 0.6 is 27.5 Å². The van der Waals surface area contributed by atoms with Gasteiger partial charge in [-0.15, -0.1) is 0 Å². The van der Waals surface area contributed by atoms with E-state index in [-0.39, 0.29) is 5.41 Å². The second kappa shape index (κ2) is 7.90. The van der Waals surface area contributed by atoms with Gasteiger partial charge in [0.1, 0.15) is 0 Å². The third kappa shape index (κ3) is 3.30. The number of thiol groups is 1. The molecule has 0 spiro atoms. The van der Waals surface area contributed by atoms with Crippen LogP contribution in [-0.2, 0) is 5.41 Å². The molecule has 0 atom stereocenters. The van der Waals surface area contributed by atoms with Gasteiger partial charge in [-0.25, -0.2) is 0 Å². The molecule has 0 N–H and O–H groups in total. The van der Waals surface area contributed by atoms with E-state index >= 15 is 0 Å². The summed E-state index contributed by atoms with van der Waals surface area (Å²) >= 11 is 2.83. The van der Waals surface area contributed by atoms with Crippen LogP contribution in [0, 0.1) is 0 Å². The predicted molar refractivity (Wildman–Crippen MR) is 141 cm³/mol. The first-order valence-electron chi connectivity index (χ1n) is 10.4. The number of rotatable bonds is 4. The van der Waals surface area contributed by atoms with Crippen molar-refractivity contribution in [1.82, 2.24) is 0 Å². The number of hydrogen-bond acceptors (Lipinski definition) is 0. The average Bonchev–Trinajstić information content (AvgIpc) is 2.80. The van der Waals surface area contributed by atoms with Crippen LogP contribution in [0.3, 0.4) is 0 Å². The first-order chi connectivity index (χ1) is 14.4. The first-order valence-corrected chi connectivity index (χ1v) is 15.4. The molecule has 2 heteroatoms. The summed E-state index contributed by atoms with van der Waals surface area (Å²) in [4.78, 5) is 5.53. The molecule has 0 bridgehead atoms. The summed E-state index contributed by atoms with van der Waals surface area (Å²) in [5.74, 6) is 0. The molecular weight excluding hydrogens is 495 g/mol. The van der Waals surface area contributed by atoms with Gasteiger partial charge >= 0.3 is 0 Å². The Morgan fingerprint density at radius 2 is 0.767 bits per heavy atom. The Balaban J connectivity index is 2.15. The molecule has 0 aliphatic carbocycles. The fourth-order valence-electron chi connectivity index (χ4n) is 4.26. The van der Waals surface area contributed by atoms with Crippen LogP contribution in [0.15, 0.2) is 135 Å². The topological polar surface area (TPSA) is 0 Å². The van der Waals surface area contributed by atoms with Crippen molar-refractivity contribution in [2.45, 2.75) is 45.8 Å². The molecule has 0 radical (unpaired) electrons. The Morgan fingerprint density at radius 1 is 0.467 bits per heavy atom. The Hall–Kier alpha value is -2.04. The van der Waals surface area contributed by atoms with Crippen molar-refractivity contribution in [1.29, 1.82) is 0 Å². The van der Waals surface area contributed by atoms with E-state index in [9.17, 15) is 0 Å². The molecule has 0 aliphatic heterocycles. The molecule has 4 rings (SSSR count). The summed E-state index contributed by atoms with van der Waals surface area (Å²) < 4.78 is 0. The minimum atomic E-state index is -2.93. The van der Waals surface area contributed by atoms with Crippen LogP contribution in [0.1, 0.15) is 26.3 Å². The van der Waals surface area contributed by atoms with Gasteiger partial charge in [-0.3, -0.25) is 0 Å². The molecule has 4 aromatic rings. The minimum absolute atomic E-state index is 0.131. The number of halogens is 1. The highest BCUT2D eigenvalue weighted by molar-refractivity contribution is 14.2. The molecular formula is C28H29IS. The molecule has 0 aromatic heterocycles. The van der Waals surface area contributed by atoms with Crippen molar-refractivity contribution < 1.29 is 0 Å². The van der Waals surface area contributed by atoms with Crippen LogP contribution in [0.5, 0.6) is 0 Å². The Morgan fingerprint density at radius 3 is 1.07 bits per heavy atom. The molecule has 154 valence electrons. The molecule has 0 aliphatic rings. The quantitative estimate of drug-likeness (QED) is 0.200. The van der Waals surface area contributed by atoms with Crippen LogP contribution in [0.2, 0.25) is 0 Å². The molecule has 0 unspecified atom stereocenters. The predicted octanol–water partition coefficient (Wildman–Crippen LogP) is 8.94. The standard InChI is InChI=1S/C28H29IS/c1-28(2,3)23-19-21-27(22-20-23)30(29,24-13-7-4-8-14-24,25-15-9-5-10-16-25)26-17-11-6-12-18-26/h4-22,30H,1-3H3. The van der Waals surface area contributed by atoms with Gasteiger partial charge in [-0.2, -0.15) is 6.33 Å². The molecule has 4 aromatic carbocycles. The maximum atomic E-state index is 2.83. The SMILES string of the molecule is CC(C)(C)c1ccc([SH](I)(c2ccccc2)(c2ccccc2)c2ccccc2)cc1. The van der Waals surface area contributed by atoms with Gasteiger partial charge in [0.25, 0.3) is 0 Å². The summed E-state index contributed by atoms with van der Waals surface area (Å²) in [5.41, 5.74) is 1.49. The lowest BCUT2D eigenvalue weighted by Gasteiger charge is -2.58. The number of hydrogen-bond donors (Lipinski definition) is 1. The van der Waals surface area contributed by atoms with E-state index in [0.717, 1.165) is 0 Å². The van der Waals surface area contributed by atoms with Crippen LogP contribution in [0.4, 0.5) is 0 Å². The highest BCUT2D eigenvalue weighted by atomic mass is 127. The van der Waals surface area contributed by atoms with Gasteiger partial charge in [0.05, 0.1) is 0 Å². The van der Waals surface area contributed by atoms with Crippen molar-refractivity contribution in [3.8, 4) is 0 Å². The van der Waals surface area contributed by atoms with Gasteiger partial charge in [0.15, 0.2) is 0 Å². The van der Waals surface area contributed by atoms with Crippen LogP contribution < -0.4 is 0 Å². The average molecular weight is 525 g/mol. The Kier molecular flexibility index (Phi) is 5.58. The third-order valence-corrected chi connectivity index (χ3v) is 17.7. The van der Waals surface area contributed by atoms with E-state index in [1.165, 1.54) is 25.1 Å². The lowest BCUT2D eigenvalue weighted by atomic mass is 9.87. The zero-order chi connectivity index (χ0) is 21.3. The summed E-state index contributed by atoms with van der Waals surface area (Å²) in [6, 6.07) is 42.6. The minimum Gasteiger partial charge on any atom is -0.157 e. The van der Waals surface area contributed by atoms with Gasteiger partial charge in [0, 0.05) is 0 Å². The van der Waals surface area contributed by atoms with E-state index < -0.39 is 6.33 Å². The first kappa shape index (κ1) is 21.2. The van der Waals surface area contributed by atoms with Gasteiger partial charge < -0.3 is 0 Å². The maximum Gasteiger partial charge on any atom is -0.00640 e. The molecule has 30 heavy (non-hydrogen) atoms. The van der Waals surface area contributed by atoms with Crippen LogP contribution in [-0.4, -0.2) is 0 Å². The zero-order valence-corrected chi connectivity index (χ0v) is 20.8. The molecule has 0 heterocycles. The monoisotopic (exact) mass is 524 g/mol. The van der Waals surface area contributed by atoms with Crippen LogP contribution in [0.25, 0.3) is 0 Å². The van der Waals surface area contributed by atoms with E-state index in [2.05, 4.69) is 157 Å².